The smallest absolute Gasteiger partial charge is 0.323 e. The molecule has 2 atom stereocenters. The molecular weight excluding hydrogens is 256 g/mol. The number of hydrogen-bond donors (Lipinski definition) is 2. The molecule has 0 heterocycles. The van der Waals surface area contributed by atoms with Gasteiger partial charge in [0.05, 0.1) is 0 Å². The van der Waals surface area contributed by atoms with Gasteiger partial charge in [0.2, 0.25) is 0 Å². The van der Waals surface area contributed by atoms with E-state index in [1.54, 1.807) is 0 Å². The Labute approximate surface area is 109 Å². The Balaban J connectivity index is 2.06. The number of nitrogens with two attached hydrogens (primary N) is 1. The highest BCUT2D eigenvalue weighted by Gasteiger charge is 2.40. The molecular formula is C13H15F2NO3. The van der Waals surface area contributed by atoms with E-state index in [9.17, 15) is 13.6 Å². The molecule has 0 aliphatic heterocycles. The largest absolute Gasteiger partial charge is 0.490 e. The maximum Gasteiger partial charge on any atom is 0.323 e. The second-order valence-corrected chi connectivity index (χ2v) is 4.87. The number of hydrogen-bond acceptors (Lipinski definition) is 3. The first-order chi connectivity index (χ1) is 8.90. The number of benzene rings is 1. The number of carbonyl (C=O) groups is 1. The Morgan fingerprint density at radius 3 is 2.79 bits per heavy atom. The predicted molar refractivity (Wildman–Crippen MR) is 63.8 cm³/mol. The number of carboxylic acid groups (broad SMARTS) is 1. The summed E-state index contributed by atoms with van der Waals surface area (Å²) in [5.41, 5.74) is 4.48. The van der Waals surface area contributed by atoms with E-state index in [-0.39, 0.29) is 12.2 Å². The Morgan fingerprint density at radius 2 is 2.16 bits per heavy atom. The second-order valence-electron chi connectivity index (χ2n) is 4.87. The van der Waals surface area contributed by atoms with Crippen molar-refractivity contribution in [2.24, 2.45) is 5.73 Å². The minimum absolute atomic E-state index is 0.154. The minimum Gasteiger partial charge on any atom is -0.490 e. The van der Waals surface area contributed by atoms with Crippen LogP contribution in [0.1, 0.15) is 25.7 Å². The van der Waals surface area contributed by atoms with E-state index < -0.39 is 29.2 Å². The van der Waals surface area contributed by atoms with Gasteiger partial charge in [-0.2, -0.15) is 0 Å². The molecule has 1 saturated carbocycles. The molecule has 1 aromatic carbocycles. The fraction of sp³-hybridized carbons (Fsp3) is 0.462. The summed E-state index contributed by atoms with van der Waals surface area (Å²) < 4.78 is 31.3. The lowest BCUT2D eigenvalue weighted by molar-refractivity contribution is -0.145. The third-order valence-electron chi connectivity index (χ3n) is 3.36. The van der Waals surface area contributed by atoms with Crippen LogP contribution in [0, 0.1) is 11.6 Å². The third kappa shape index (κ3) is 3.01. The molecule has 0 radical (unpaired) electrons. The predicted octanol–water partition coefficient (Wildman–Crippen LogP) is 2.07. The highest BCUT2D eigenvalue weighted by Crippen LogP contribution is 2.30. The maximum atomic E-state index is 13.0. The zero-order valence-electron chi connectivity index (χ0n) is 10.2. The lowest BCUT2D eigenvalue weighted by atomic mass is 9.81. The van der Waals surface area contributed by atoms with E-state index in [2.05, 4.69) is 0 Å². The van der Waals surface area contributed by atoms with Crippen molar-refractivity contribution in [2.75, 3.05) is 0 Å². The van der Waals surface area contributed by atoms with Crippen molar-refractivity contribution in [2.45, 2.75) is 37.3 Å². The van der Waals surface area contributed by atoms with Crippen LogP contribution in [0.25, 0.3) is 0 Å². The highest BCUT2D eigenvalue weighted by molar-refractivity contribution is 5.78. The number of aliphatic carboxylic acids is 1. The van der Waals surface area contributed by atoms with Crippen LogP contribution in [0.3, 0.4) is 0 Å². The zero-order chi connectivity index (χ0) is 14.0. The van der Waals surface area contributed by atoms with Crippen LogP contribution in [0.4, 0.5) is 8.78 Å². The summed E-state index contributed by atoms with van der Waals surface area (Å²) in [4.78, 5) is 11.1. The Hall–Kier alpha value is -1.69. The van der Waals surface area contributed by atoms with Gasteiger partial charge in [-0.3, -0.25) is 4.79 Å². The van der Waals surface area contributed by atoms with Crippen LogP contribution in [-0.4, -0.2) is 22.7 Å². The third-order valence-corrected chi connectivity index (χ3v) is 3.36. The topological polar surface area (TPSA) is 72.6 Å². The fourth-order valence-electron chi connectivity index (χ4n) is 2.29. The quantitative estimate of drug-likeness (QED) is 0.882. The van der Waals surface area contributed by atoms with Crippen LogP contribution in [0.2, 0.25) is 0 Å². The Bertz CT molecular complexity index is 495. The van der Waals surface area contributed by atoms with Gasteiger partial charge in [0.25, 0.3) is 0 Å². The summed E-state index contributed by atoms with van der Waals surface area (Å²) in [6.07, 6.45) is 1.41. The van der Waals surface area contributed by atoms with Gasteiger partial charge < -0.3 is 15.6 Å². The molecule has 1 aromatic rings. The van der Waals surface area contributed by atoms with E-state index in [1.165, 1.54) is 6.07 Å². The molecule has 6 heteroatoms. The van der Waals surface area contributed by atoms with Crippen molar-refractivity contribution in [1.82, 2.24) is 0 Å². The normalized spacial score (nSPS) is 27.0. The van der Waals surface area contributed by atoms with E-state index in [0.29, 0.717) is 19.3 Å². The molecule has 2 rings (SSSR count). The summed E-state index contributed by atoms with van der Waals surface area (Å²) in [5, 5.41) is 9.07. The molecule has 1 fully saturated rings. The number of carboxylic acids is 1. The van der Waals surface area contributed by atoms with Gasteiger partial charge >= 0.3 is 5.97 Å². The molecule has 3 N–H and O–H groups in total. The average molecular weight is 271 g/mol. The van der Waals surface area contributed by atoms with Gasteiger partial charge in [-0.1, -0.05) is 0 Å². The number of rotatable bonds is 3. The molecule has 19 heavy (non-hydrogen) atoms. The van der Waals surface area contributed by atoms with Crippen LogP contribution in [0.5, 0.6) is 5.75 Å². The van der Waals surface area contributed by atoms with Crippen molar-refractivity contribution in [1.29, 1.82) is 0 Å². The van der Waals surface area contributed by atoms with Gasteiger partial charge in [-0.25, -0.2) is 8.78 Å². The van der Waals surface area contributed by atoms with Crippen molar-refractivity contribution >= 4 is 5.97 Å². The molecule has 0 bridgehead atoms. The van der Waals surface area contributed by atoms with E-state index in [1.807, 2.05) is 0 Å². The second kappa shape index (κ2) is 5.13. The molecule has 0 spiro atoms. The minimum atomic E-state index is -1.30. The highest BCUT2D eigenvalue weighted by atomic mass is 19.2. The van der Waals surface area contributed by atoms with Crippen molar-refractivity contribution in [3.8, 4) is 5.75 Å². The van der Waals surface area contributed by atoms with Gasteiger partial charge in [-0.05, 0) is 31.4 Å². The molecule has 1 aliphatic rings. The average Bonchev–Trinajstić information content (AvgIpc) is 2.34. The van der Waals surface area contributed by atoms with Gasteiger partial charge in [-0.15, -0.1) is 0 Å². The summed E-state index contributed by atoms with van der Waals surface area (Å²) in [6.45, 7) is 0. The summed E-state index contributed by atoms with van der Waals surface area (Å²) in [7, 11) is 0. The standard InChI is InChI=1S/C13H15F2NO3/c14-10-4-3-8(6-11(10)15)19-9-2-1-5-13(16,7-9)12(17)18/h3-4,6,9H,1-2,5,7,16H2,(H,17,18). The van der Waals surface area contributed by atoms with Crippen LogP contribution in [0.15, 0.2) is 18.2 Å². The monoisotopic (exact) mass is 271 g/mol. The number of ether oxygens (including phenoxy) is 1. The lowest BCUT2D eigenvalue weighted by Gasteiger charge is -2.34. The SMILES string of the molecule is NC1(C(=O)O)CCCC(Oc2ccc(F)c(F)c2)C1. The first-order valence-corrected chi connectivity index (χ1v) is 6.05. The first-order valence-electron chi connectivity index (χ1n) is 6.05. The van der Waals surface area contributed by atoms with E-state index in [0.717, 1.165) is 12.1 Å². The summed E-state index contributed by atoms with van der Waals surface area (Å²) in [5.74, 6) is -2.83. The molecule has 0 amide bonds. The van der Waals surface area contributed by atoms with Gasteiger partial charge in [0, 0.05) is 12.5 Å². The Morgan fingerprint density at radius 1 is 1.42 bits per heavy atom. The van der Waals surface area contributed by atoms with Crippen molar-refractivity contribution in [3.63, 3.8) is 0 Å². The maximum absolute atomic E-state index is 13.0. The molecule has 0 saturated heterocycles. The van der Waals surface area contributed by atoms with E-state index in [4.69, 9.17) is 15.6 Å². The molecule has 4 nitrogen and oxygen atoms in total. The fourth-order valence-corrected chi connectivity index (χ4v) is 2.29. The van der Waals surface area contributed by atoms with Crippen molar-refractivity contribution < 1.29 is 23.4 Å². The molecule has 104 valence electrons. The van der Waals surface area contributed by atoms with Crippen LogP contribution in [-0.2, 0) is 4.79 Å². The van der Waals surface area contributed by atoms with Crippen LogP contribution < -0.4 is 10.5 Å². The number of halogens is 2. The van der Waals surface area contributed by atoms with Crippen LogP contribution >= 0.6 is 0 Å². The van der Waals surface area contributed by atoms with Gasteiger partial charge in [0.1, 0.15) is 17.4 Å². The molecule has 1 aliphatic carbocycles. The lowest BCUT2D eigenvalue weighted by Crippen LogP contribution is -2.53. The Kier molecular flexibility index (Phi) is 3.71. The summed E-state index contributed by atoms with van der Waals surface area (Å²) >= 11 is 0. The van der Waals surface area contributed by atoms with Gasteiger partial charge in [0.15, 0.2) is 11.6 Å². The molecule has 0 aromatic heterocycles. The zero-order valence-corrected chi connectivity index (χ0v) is 10.2. The van der Waals surface area contributed by atoms with Crippen molar-refractivity contribution in [3.05, 3.63) is 29.8 Å². The van der Waals surface area contributed by atoms with E-state index >= 15 is 0 Å². The summed E-state index contributed by atoms with van der Waals surface area (Å²) in [6, 6.07) is 3.23. The molecule has 2 unspecified atom stereocenters. The first kappa shape index (κ1) is 13.7.